The van der Waals surface area contributed by atoms with Crippen molar-refractivity contribution in [3.63, 3.8) is 0 Å². The van der Waals surface area contributed by atoms with Crippen LogP contribution in [0.5, 0.6) is 11.5 Å². The lowest BCUT2D eigenvalue weighted by atomic mass is 10.1. The van der Waals surface area contributed by atoms with Gasteiger partial charge in [-0.1, -0.05) is 71.2 Å². The second-order valence-electron chi connectivity index (χ2n) is 9.76. The molecule has 0 fully saturated rings. The van der Waals surface area contributed by atoms with E-state index in [0.29, 0.717) is 63.0 Å². The molecule has 0 atom stereocenters. The van der Waals surface area contributed by atoms with Gasteiger partial charge in [0.1, 0.15) is 28.4 Å². The lowest BCUT2D eigenvalue weighted by molar-refractivity contribution is 0.356. The molecule has 0 aliphatic carbocycles. The van der Waals surface area contributed by atoms with Crippen LogP contribution < -0.4 is 15.9 Å². The summed E-state index contributed by atoms with van der Waals surface area (Å²) < 4.78 is 12.5. The molecule has 0 radical (unpaired) electrons. The number of fused-ring (bicyclic) bond motifs is 2. The first-order valence-corrected chi connectivity index (χ1v) is 14.7. The Hall–Kier alpha value is -3.04. The van der Waals surface area contributed by atoms with Crippen LogP contribution in [0.1, 0.15) is 25.7 Å². The van der Waals surface area contributed by atoms with Gasteiger partial charge in [0.15, 0.2) is 0 Å². The Labute approximate surface area is 256 Å². The fourth-order valence-corrected chi connectivity index (χ4v) is 6.15. The number of aromatic hydroxyl groups is 1. The summed E-state index contributed by atoms with van der Waals surface area (Å²) in [6.07, 6.45) is 5.65. The summed E-state index contributed by atoms with van der Waals surface area (Å²) in [5, 5.41) is 11.3. The van der Waals surface area contributed by atoms with Gasteiger partial charge in [-0.15, -0.1) is 0 Å². The molecule has 0 spiro atoms. The Kier molecular flexibility index (Phi) is 8.94. The summed E-state index contributed by atoms with van der Waals surface area (Å²) in [5.41, 5.74) is 2.05. The number of ether oxygens (including phenoxy) is 1. The Bertz CT molecular complexity index is 1730. The van der Waals surface area contributed by atoms with Gasteiger partial charge in [0.2, 0.25) is 0 Å². The summed E-state index contributed by atoms with van der Waals surface area (Å²) in [5.74, 6) is 0.465. The van der Waals surface area contributed by atoms with Crippen molar-refractivity contribution in [2.45, 2.75) is 51.9 Å². The highest BCUT2D eigenvalue weighted by atomic mass is 35.5. The van der Waals surface area contributed by atoms with Gasteiger partial charge in [-0.2, -0.15) is 0 Å². The van der Waals surface area contributed by atoms with Crippen molar-refractivity contribution in [1.29, 1.82) is 0 Å². The molecule has 216 valence electrons. The Morgan fingerprint density at radius 2 is 1.20 bits per heavy atom. The zero-order valence-electron chi connectivity index (χ0n) is 22.1. The van der Waals surface area contributed by atoms with Gasteiger partial charge in [-0.05, 0) is 61.1 Å². The number of rotatable bonds is 5. The third-order valence-corrected chi connectivity index (χ3v) is 8.54. The summed E-state index contributed by atoms with van der Waals surface area (Å²) in [4.78, 5) is 25.0. The van der Waals surface area contributed by atoms with Crippen molar-refractivity contribution >= 4 is 46.4 Å². The molecule has 2 aliphatic heterocycles. The zero-order chi connectivity index (χ0) is 29.3. The predicted octanol–water partition coefficient (Wildman–Crippen LogP) is 7.11. The monoisotopic (exact) mass is 636 g/mol. The maximum absolute atomic E-state index is 12.6. The van der Waals surface area contributed by atoms with Crippen molar-refractivity contribution in [3.8, 4) is 33.8 Å². The van der Waals surface area contributed by atoms with Gasteiger partial charge in [0.25, 0.3) is 11.1 Å². The van der Waals surface area contributed by atoms with Crippen LogP contribution in [0.2, 0.25) is 20.4 Å². The van der Waals surface area contributed by atoms with E-state index in [0.717, 1.165) is 38.8 Å². The molecule has 0 saturated heterocycles. The molecule has 0 amide bonds. The van der Waals surface area contributed by atoms with Gasteiger partial charge in [-0.3, -0.25) is 19.0 Å². The van der Waals surface area contributed by atoms with E-state index in [-0.39, 0.29) is 21.9 Å². The van der Waals surface area contributed by atoms with Crippen LogP contribution >= 0.6 is 46.4 Å². The average Bonchev–Trinajstić information content (AvgIpc) is 3.39. The largest absolute Gasteiger partial charge is 0.506 e. The molecule has 2 aromatic carbocycles. The highest BCUT2D eigenvalue weighted by Gasteiger charge is 2.23. The fourth-order valence-electron chi connectivity index (χ4n) is 5.12. The minimum absolute atomic E-state index is 0.0520. The molecule has 0 saturated carbocycles. The Balaban J connectivity index is 0.000000166. The minimum Gasteiger partial charge on any atom is -0.506 e. The maximum Gasteiger partial charge on any atom is 0.276 e. The Morgan fingerprint density at radius 1 is 0.732 bits per heavy atom. The molecular formula is C29H28Cl4N4O4. The van der Waals surface area contributed by atoms with E-state index >= 15 is 0 Å². The van der Waals surface area contributed by atoms with Crippen LogP contribution in [-0.4, -0.2) is 30.4 Å². The molecule has 1 N–H and O–H groups in total. The van der Waals surface area contributed by atoms with E-state index in [9.17, 15) is 14.7 Å². The van der Waals surface area contributed by atoms with E-state index in [4.69, 9.17) is 51.1 Å². The molecule has 6 rings (SSSR count). The van der Waals surface area contributed by atoms with Crippen LogP contribution in [0.15, 0.2) is 58.6 Å². The van der Waals surface area contributed by atoms with Gasteiger partial charge >= 0.3 is 0 Å². The van der Waals surface area contributed by atoms with Crippen LogP contribution in [0.3, 0.4) is 0 Å². The number of benzene rings is 2. The number of phenols is 1. The van der Waals surface area contributed by atoms with Crippen molar-refractivity contribution in [1.82, 2.24) is 18.7 Å². The normalized spacial score (nSPS) is 14.0. The van der Waals surface area contributed by atoms with Crippen LogP contribution in [-0.2, 0) is 26.2 Å². The molecule has 0 unspecified atom stereocenters. The molecule has 8 nitrogen and oxygen atoms in total. The van der Waals surface area contributed by atoms with E-state index in [1.54, 1.807) is 50.5 Å². The standard InChI is InChI=1S/C16H16Cl2N2O2.C13H12Cl2N2O2/c1-2-9-22-13-10-11(5-6-12(13)17)14-15(18)19-7-3-4-8-20(19)16(14)21;14-9-4-3-8(7-10(9)18)11-12(15)16-5-1-2-6-17(16)13(11)19/h2,5-6,10H,1,3-4,7-9H2;3-4,7,18H,1-2,5-6H2. The molecule has 2 aromatic heterocycles. The van der Waals surface area contributed by atoms with Crippen LogP contribution in [0.25, 0.3) is 22.3 Å². The van der Waals surface area contributed by atoms with Gasteiger partial charge < -0.3 is 9.84 Å². The van der Waals surface area contributed by atoms with Crippen LogP contribution in [0, 0.1) is 0 Å². The predicted molar refractivity (Wildman–Crippen MR) is 164 cm³/mol. The second kappa shape index (κ2) is 12.4. The van der Waals surface area contributed by atoms with E-state index in [1.165, 1.54) is 6.07 Å². The zero-order valence-corrected chi connectivity index (χ0v) is 25.1. The van der Waals surface area contributed by atoms with E-state index in [1.807, 2.05) is 4.68 Å². The van der Waals surface area contributed by atoms with Crippen molar-refractivity contribution < 1.29 is 9.84 Å². The Morgan fingerprint density at radius 3 is 1.66 bits per heavy atom. The highest BCUT2D eigenvalue weighted by Crippen LogP contribution is 2.34. The molecule has 4 aromatic rings. The van der Waals surface area contributed by atoms with E-state index in [2.05, 4.69) is 6.58 Å². The summed E-state index contributed by atoms with van der Waals surface area (Å²) in [7, 11) is 0. The fraction of sp³-hybridized carbons (Fsp3) is 0.310. The van der Waals surface area contributed by atoms with Gasteiger partial charge in [0, 0.05) is 26.2 Å². The lowest BCUT2D eigenvalue weighted by Crippen LogP contribution is -2.27. The quantitative estimate of drug-likeness (QED) is 0.237. The number of hydrogen-bond donors (Lipinski definition) is 1. The molecule has 12 heteroatoms. The first-order chi connectivity index (χ1) is 19.7. The van der Waals surface area contributed by atoms with Crippen molar-refractivity contribution in [2.75, 3.05) is 6.61 Å². The molecule has 4 heterocycles. The smallest absolute Gasteiger partial charge is 0.276 e. The lowest BCUT2D eigenvalue weighted by Gasteiger charge is -2.17. The first kappa shape index (κ1) is 29.5. The van der Waals surface area contributed by atoms with E-state index < -0.39 is 0 Å². The summed E-state index contributed by atoms with van der Waals surface area (Å²) >= 11 is 24.6. The first-order valence-electron chi connectivity index (χ1n) is 13.2. The third-order valence-electron chi connectivity index (χ3n) is 7.14. The summed E-state index contributed by atoms with van der Waals surface area (Å²) in [6.45, 7) is 6.85. The van der Waals surface area contributed by atoms with Crippen molar-refractivity contribution in [3.05, 3.63) is 90.1 Å². The number of aromatic nitrogens is 4. The molecule has 41 heavy (non-hydrogen) atoms. The number of hydrogen-bond acceptors (Lipinski definition) is 4. The van der Waals surface area contributed by atoms with Crippen molar-refractivity contribution in [2.24, 2.45) is 0 Å². The SMILES string of the molecule is C=CCOc1cc(-c2c(Cl)n3n(c2=O)CCCC3)ccc1Cl.O=c1c(-c2ccc(Cl)c(O)c2)c(Cl)n2n1CCCC2. The minimum atomic E-state index is -0.119. The highest BCUT2D eigenvalue weighted by molar-refractivity contribution is 6.33. The third kappa shape index (κ3) is 5.71. The topological polar surface area (TPSA) is 83.3 Å². The van der Waals surface area contributed by atoms with Gasteiger partial charge in [-0.25, -0.2) is 9.36 Å². The number of nitrogens with zero attached hydrogens (tertiary/aromatic N) is 4. The van der Waals surface area contributed by atoms with Crippen LogP contribution in [0.4, 0.5) is 0 Å². The van der Waals surface area contributed by atoms with Gasteiger partial charge in [0.05, 0.1) is 21.2 Å². The molecule has 2 aliphatic rings. The number of halogens is 4. The molecular weight excluding hydrogens is 610 g/mol. The second-order valence-corrected chi connectivity index (χ2v) is 11.3. The summed E-state index contributed by atoms with van der Waals surface area (Å²) in [6, 6.07) is 9.98. The maximum atomic E-state index is 12.6. The molecule has 0 bridgehead atoms. The average molecular weight is 638 g/mol. The number of phenolic OH excluding ortho intramolecular Hbond substituents is 1.